The van der Waals surface area contributed by atoms with E-state index in [4.69, 9.17) is 18.9 Å². The maximum atomic E-state index is 12.5. The minimum Gasteiger partial charge on any atom is -0.419 e. The van der Waals surface area contributed by atoms with Gasteiger partial charge in [0, 0.05) is 38.5 Å². The summed E-state index contributed by atoms with van der Waals surface area (Å²) in [6, 6.07) is 6.61. The summed E-state index contributed by atoms with van der Waals surface area (Å²) in [4.78, 5) is 52.8. The number of nitrogens with one attached hydrogen (secondary N) is 1. The molecule has 0 amide bonds. The zero-order valence-corrected chi connectivity index (χ0v) is 16.1. The van der Waals surface area contributed by atoms with E-state index < -0.39 is 35.5 Å². The Morgan fingerprint density at radius 1 is 0.621 bits per heavy atom. The maximum absolute atomic E-state index is 12.5. The van der Waals surface area contributed by atoms with Crippen LogP contribution in [-0.4, -0.2) is 40.4 Å². The van der Waals surface area contributed by atoms with Crippen LogP contribution in [0.1, 0.15) is 27.7 Å². The molecule has 2 saturated heterocycles. The number of carbonyl (C=O) groups is 4. The van der Waals surface area contributed by atoms with Crippen LogP contribution in [0.3, 0.4) is 0 Å². The second-order valence-corrected chi connectivity index (χ2v) is 7.53. The Balaban J connectivity index is 2.07. The lowest BCUT2D eigenvalue weighted by Crippen LogP contribution is -2.44. The van der Waals surface area contributed by atoms with Gasteiger partial charge < -0.3 is 23.9 Å². The van der Waals surface area contributed by atoms with Crippen molar-refractivity contribution in [2.75, 3.05) is 0 Å². The van der Waals surface area contributed by atoms with Crippen molar-refractivity contribution in [3.05, 3.63) is 35.0 Å². The highest BCUT2D eigenvalue weighted by atomic mass is 16.7. The molecule has 0 atom stereocenters. The molecule has 2 fully saturated rings. The van der Waals surface area contributed by atoms with E-state index in [0.29, 0.717) is 10.8 Å². The Kier molecular flexibility index (Phi) is 3.83. The first-order valence-electron chi connectivity index (χ1n) is 8.78. The van der Waals surface area contributed by atoms with Crippen molar-refractivity contribution in [3.63, 3.8) is 0 Å². The molecule has 0 radical (unpaired) electrons. The van der Waals surface area contributed by atoms with Gasteiger partial charge in [-0.05, 0) is 0 Å². The normalized spacial score (nSPS) is 20.8. The highest BCUT2D eigenvalue weighted by Gasteiger charge is 2.42. The maximum Gasteiger partial charge on any atom is 0.351 e. The van der Waals surface area contributed by atoms with Crippen molar-refractivity contribution in [2.24, 2.45) is 0 Å². The van der Waals surface area contributed by atoms with Gasteiger partial charge in [0.1, 0.15) is 0 Å². The van der Waals surface area contributed by atoms with Gasteiger partial charge >= 0.3 is 23.9 Å². The molecule has 9 nitrogen and oxygen atoms in total. The first-order valence-corrected chi connectivity index (χ1v) is 8.78. The summed E-state index contributed by atoms with van der Waals surface area (Å²) in [6.07, 6.45) is 0. The summed E-state index contributed by atoms with van der Waals surface area (Å²) in [5.74, 6) is -6.34. The van der Waals surface area contributed by atoms with Crippen molar-refractivity contribution >= 4 is 45.8 Å². The van der Waals surface area contributed by atoms with Crippen molar-refractivity contribution in [3.8, 4) is 0 Å². The summed E-state index contributed by atoms with van der Waals surface area (Å²) in [7, 11) is 0. The van der Waals surface area contributed by atoms with Gasteiger partial charge in [0.2, 0.25) is 0 Å². The summed E-state index contributed by atoms with van der Waals surface area (Å²) in [5, 5.41) is 0.978. The quantitative estimate of drug-likeness (QED) is 0.621. The highest BCUT2D eigenvalue weighted by molar-refractivity contribution is 6.39. The zero-order valence-electron chi connectivity index (χ0n) is 16.1. The zero-order chi connectivity index (χ0) is 21.1. The summed E-state index contributed by atoms with van der Waals surface area (Å²) in [5.41, 5.74) is -0.740. The minimum absolute atomic E-state index is 0.0685. The third kappa shape index (κ3) is 3.04. The lowest BCUT2D eigenvalue weighted by atomic mass is 10.1. The third-order valence-corrected chi connectivity index (χ3v) is 4.39. The Morgan fingerprint density at radius 2 is 0.931 bits per heavy atom. The lowest BCUT2D eigenvalue weighted by molar-refractivity contribution is -0.219. The molecule has 150 valence electrons. The Hall–Kier alpha value is -3.62. The number of hydrogen-bond acceptors (Lipinski definition) is 8. The fraction of sp³-hybridized carbons (Fsp3) is 0.300. The largest absolute Gasteiger partial charge is 0.419 e. The number of fused-ring (bicyclic) bond motifs is 1. The van der Waals surface area contributed by atoms with Crippen molar-refractivity contribution < 1.29 is 38.1 Å². The molecule has 2 aromatic rings. The summed E-state index contributed by atoms with van der Waals surface area (Å²) < 4.78 is 20.6. The molecule has 0 bridgehead atoms. The van der Waals surface area contributed by atoms with E-state index in [2.05, 4.69) is 4.98 Å². The van der Waals surface area contributed by atoms with Crippen molar-refractivity contribution in [1.29, 1.82) is 0 Å². The smallest absolute Gasteiger partial charge is 0.351 e. The van der Waals surface area contributed by atoms with Crippen LogP contribution < -0.4 is 10.7 Å². The molecule has 1 N–H and O–H groups in total. The highest BCUT2D eigenvalue weighted by Crippen LogP contribution is 2.25. The van der Waals surface area contributed by atoms with E-state index in [1.54, 1.807) is 24.3 Å². The Labute approximate surface area is 163 Å². The van der Waals surface area contributed by atoms with Gasteiger partial charge in [-0.3, -0.25) is 0 Å². The standard InChI is InChI=1S/C20H17NO8/c1-19(2)26-15(22)11(16(23)27-19)13-9-7-5-6-8-10(9)14(21-13)12-17(24)28-20(3,4)29-18(12)25/h5-8,21H,1-4H3. The van der Waals surface area contributed by atoms with E-state index in [0.717, 1.165) is 0 Å². The Bertz CT molecular complexity index is 1090. The molecule has 29 heavy (non-hydrogen) atoms. The predicted octanol–water partition coefficient (Wildman–Crippen LogP) is 0.142. The van der Waals surface area contributed by atoms with Crippen LogP contribution in [-0.2, 0) is 38.1 Å². The topological polar surface area (TPSA) is 121 Å². The van der Waals surface area contributed by atoms with Gasteiger partial charge in [-0.25, -0.2) is 19.2 Å². The first-order chi connectivity index (χ1) is 13.5. The number of aromatic nitrogens is 1. The van der Waals surface area contributed by atoms with Gasteiger partial charge in [0.15, 0.2) is 11.1 Å². The molecule has 2 aliphatic rings. The number of hydrogen-bond donors (Lipinski definition) is 1. The number of aromatic amines is 1. The average molecular weight is 399 g/mol. The molecule has 3 heterocycles. The Morgan fingerprint density at radius 3 is 1.24 bits per heavy atom. The number of esters is 4. The van der Waals surface area contributed by atoms with E-state index in [9.17, 15) is 19.2 Å². The SMILES string of the molecule is CC1(C)OC(=O)C(=c2[nH]c(=C3C(=O)OC(C)(C)OC3=O)c3ccccc23)C(=O)O1. The van der Waals surface area contributed by atoms with Crippen LogP contribution in [0, 0.1) is 0 Å². The molecule has 9 heteroatoms. The average Bonchev–Trinajstić information content (AvgIpc) is 2.91. The van der Waals surface area contributed by atoms with Crippen LogP contribution in [0.5, 0.6) is 0 Å². The number of ether oxygens (including phenoxy) is 4. The molecule has 1 aromatic heterocycles. The summed E-state index contributed by atoms with van der Waals surface area (Å²) >= 11 is 0. The van der Waals surface area contributed by atoms with Gasteiger partial charge in [-0.2, -0.15) is 0 Å². The molecule has 0 spiro atoms. The number of cyclic esters (lactones) is 4. The van der Waals surface area contributed by atoms with Crippen LogP contribution in [0.15, 0.2) is 24.3 Å². The summed E-state index contributed by atoms with van der Waals surface area (Å²) in [6.45, 7) is 5.74. The van der Waals surface area contributed by atoms with Crippen LogP contribution in [0.2, 0.25) is 0 Å². The molecule has 2 aliphatic heterocycles. The molecular weight excluding hydrogens is 382 g/mol. The van der Waals surface area contributed by atoms with E-state index in [-0.39, 0.29) is 21.8 Å². The van der Waals surface area contributed by atoms with Crippen LogP contribution in [0.4, 0.5) is 0 Å². The third-order valence-electron chi connectivity index (χ3n) is 4.39. The van der Waals surface area contributed by atoms with Crippen LogP contribution in [0.25, 0.3) is 21.9 Å². The van der Waals surface area contributed by atoms with E-state index >= 15 is 0 Å². The molecule has 1 aromatic carbocycles. The molecule has 0 unspecified atom stereocenters. The number of rotatable bonds is 0. The van der Waals surface area contributed by atoms with Gasteiger partial charge in [0.05, 0.1) is 10.7 Å². The number of H-pyrrole nitrogens is 1. The molecule has 0 saturated carbocycles. The predicted molar refractivity (Wildman–Crippen MR) is 96.9 cm³/mol. The van der Waals surface area contributed by atoms with Crippen molar-refractivity contribution in [2.45, 2.75) is 39.3 Å². The van der Waals surface area contributed by atoms with Gasteiger partial charge in [-0.1, -0.05) is 24.3 Å². The van der Waals surface area contributed by atoms with Crippen molar-refractivity contribution in [1.82, 2.24) is 4.98 Å². The molecule has 0 aliphatic carbocycles. The van der Waals surface area contributed by atoms with E-state index in [1.165, 1.54) is 27.7 Å². The number of benzene rings is 1. The lowest BCUT2D eigenvalue weighted by Gasteiger charge is -2.29. The number of carbonyl (C=O) groups excluding carboxylic acids is 4. The first kappa shape index (κ1) is 18.7. The van der Waals surface area contributed by atoms with Crippen LogP contribution >= 0.6 is 0 Å². The monoisotopic (exact) mass is 399 g/mol. The van der Waals surface area contributed by atoms with Gasteiger partial charge in [0.25, 0.3) is 11.6 Å². The van der Waals surface area contributed by atoms with E-state index in [1.807, 2.05) is 0 Å². The minimum atomic E-state index is -1.40. The fourth-order valence-corrected chi connectivity index (χ4v) is 3.29. The second-order valence-electron chi connectivity index (χ2n) is 7.53. The molecular formula is C20H17NO8. The second kappa shape index (κ2) is 5.94. The molecule has 4 rings (SSSR count). The van der Waals surface area contributed by atoms with Gasteiger partial charge in [-0.15, -0.1) is 0 Å². The fourth-order valence-electron chi connectivity index (χ4n) is 3.29.